The van der Waals surface area contributed by atoms with Crippen LogP contribution in [0.4, 0.5) is 0 Å². The molecular formula is C9H15ClO3. The van der Waals surface area contributed by atoms with E-state index in [2.05, 4.69) is 4.74 Å². The predicted molar refractivity (Wildman–Crippen MR) is 50.7 cm³/mol. The molecule has 0 N–H and O–H groups in total. The smallest absolute Gasteiger partial charge is 0.331 e. The Balaban J connectivity index is 4.01. The first-order valence-corrected chi connectivity index (χ1v) is 4.76. The Kier molecular flexibility index (Phi) is 5.71. The second kappa shape index (κ2) is 5.97. The molecule has 3 nitrogen and oxygen atoms in total. The molecule has 0 spiro atoms. The first kappa shape index (κ1) is 12.4. The van der Waals surface area contributed by atoms with Crippen LogP contribution < -0.4 is 0 Å². The van der Waals surface area contributed by atoms with Crippen molar-refractivity contribution in [1.29, 1.82) is 0 Å². The molecule has 0 bridgehead atoms. The number of carbonyl (C=O) groups is 2. The van der Waals surface area contributed by atoms with Gasteiger partial charge in [-0.15, -0.1) is 11.6 Å². The summed E-state index contributed by atoms with van der Waals surface area (Å²) >= 11 is 5.58. The van der Waals surface area contributed by atoms with Crippen LogP contribution in [-0.2, 0) is 14.3 Å². The first-order chi connectivity index (χ1) is 5.99. The fraction of sp³-hybridized carbons (Fsp3) is 0.778. The van der Waals surface area contributed by atoms with E-state index in [0.717, 1.165) is 0 Å². The lowest BCUT2D eigenvalue weighted by Gasteiger charge is -2.08. The molecule has 0 aromatic carbocycles. The minimum absolute atomic E-state index is 0.211. The van der Waals surface area contributed by atoms with E-state index in [9.17, 15) is 9.59 Å². The van der Waals surface area contributed by atoms with Crippen molar-refractivity contribution < 1.29 is 14.3 Å². The van der Waals surface area contributed by atoms with Gasteiger partial charge < -0.3 is 4.74 Å². The molecule has 0 aromatic rings. The van der Waals surface area contributed by atoms with Gasteiger partial charge in [-0.25, -0.2) is 4.79 Å². The van der Waals surface area contributed by atoms with Gasteiger partial charge in [0.25, 0.3) is 0 Å². The number of carbonyl (C=O) groups excluding carboxylic acids is 2. The van der Waals surface area contributed by atoms with Crippen LogP contribution in [0, 0.1) is 5.92 Å². The van der Waals surface area contributed by atoms with Crippen molar-refractivity contribution >= 4 is 23.4 Å². The number of hydrogen-bond donors (Lipinski definition) is 0. The van der Waals surface area contributed by atoms with Gasteiger partial charge in [-0.05, 0) is 12.8 Å². The third-order valence-corrected chi connectivity index (χ3v) is 1.81. The van der Waals surface area contributed by atoms with Gasteiger partial charge in [-0.1, -0.05) is 13.8 Å². The predicted octanol–water partition coefficient (Wildman–Crippen LogP) is 1.77. The van der Waals surface area contributed by atoms with Gasteiger partial charge in [-0.3, -0.25) is 4.79 Å². The Labute approximate surface area is 83.4 Å². The second-order valence-electron chi connectivity index (χ2n) is 3.18. The molecule has 0 amide bonds. The van der Waals surface area contributed by atoms with Crippen molar-refractivity contribution in [2.75, 3.05) is 6.61 Å². The molecule has 1 unspecified atom stereocenters. The minimum atomic E-state index is -1.14. The van der Waals surface area contributed by atoms with Gasteiger partial charge in [0.1, 0.15) is 0 Å². The number of Topliss-reactive ketones (excluding diaryl/α,β-unsaturated/α-hetero) is 1. The molecule has 0 aliphatic heterocycles. The second-order valence-corrected chi connectivity index (χ2v) is 3.62. The van der Waals surface area contributed by atoms with Crippen molar-refractivity contribution in [2.45, 2.75) is 32.6 Å². The topological polar surface area (TPSA) is 43.4 Å². The van der Waals surface area contributed by atoms with Crippen molar-refractivity contribution in [3.05, 3.63) is 0 Å². The molecule has 1 atom stereocenters. The lowest BCUT2D eigenvalue weighted by atomic mass is 10.1. The third-order valence-electron chi connectivity index (χ3n) is 1.39. The normalized spacial score (nSPS) is 12.7. The lowest BCUT2D eigenvalue weighted by molar-refractivity contribution is -0.145. The molecule has 0 rings (SSSR count). The zero-order valence-electron chi connectivity index (χ0n) is 8.17. The number of alkyl halides is 1. The number of rotatable bonds is 5. The molecule has 0 aliphatic rings. The molecule has 0 aromatic heterocycles. The molecule has 0 saturated heterocycles. The first-order valence-electron chi connectivity index (χ1n) is 4.32. The maximum absolute atomic E-state index is 11.2. The van der Waals surface area contributed by atoms with Crippen LogP contribution in [0.2, 0.25) is 0 Å². The van der Waals surface area contributed by atoms with Crippen molar-refractivity contribution in [2.24, 2.45) is 5.92 Å². The molecule has 0 aliphatic carbocycles. The maximum atomic E-state index is 11.2. The van der Waals surface area contributed by atoms with Crippen LogP contribution in [-0.4, -0.2) is 23.7 Å². The highest BCUT2D eigenvalue weighted by Crippen LogP contribution is 2.09. The monoisotopic (exact) mass is 206 g/mol. The average molecular weight is 207 g/mol. The average Bonchev–Trinajstić information content (AvgIpc) is 2.02. The number of esters is 1. The summed E-state index contributed by atoms with van der Waals surface area (Å²) in [5.41, 5.74) is 0. The van der Waals surface area contributed by atoms with E-state index in [4.69, 9.17) is 11.6 Å². The van der Waals surface area contributed by atoms with E-state index < -0.39 is 11.3 Å². The molecule has 4 heteroatoms. The van der Waals surface area contributed by atoms with Crippen LogP contribution in [0.5, 0.6) is 0 Å². The van der Waals surface area contributed by atoms with Gasteiger partial charge in [0, 0.05) is 6.42 Å². The van der Waals surface area contributed by atoms with Crippen molar-refractivity contribution in [3.63, 3.8) is 0 Å². The molecule has 0 heterocycles. The Hall–Kier alpha value is -0.570. The Morgan fingerprint density at radius 1 is 1.38 bits per heavy atom. The Morgan fingerprint density at radius 3 is 2.31 bits per heavy atom. The van der Waals surface area contributed by atoms with Crippen LogP contribution in [0.1, 0.15) is 27.2 Å². The van der Waals surface area contributed by atoms with Crippen LogP contribution in [0.25, 0.3) is 0 Å². The molecule has 13 heavy (non-hydrogen) atoms. The summed E-state index contributed by atoms with van der Waals surface area (Å²) in [6, 6.07) is 0. The molecule has 0 radical (unpaired) electrons. The summed E-state index contributed by atoms with van der Waals surface area (Å²) in [6.07, 6.45) is 0.312. The SMILES string of the molecule is CCOC(=O)C(Cl)C(=O)CC(C)C. The third kappa shape index (κ3) is 4.88. The van der Waals surface area contributed by atoms with E-state index in [1.807, 2.05) is 13.8 Å². The summed E-state index contributed by atoms with van der Waals surface area (Å²) < 4.78 is 4.61. The summed E-state index contributed by atoms with van der Waals surface area (Å²) in [7, 11) is 0. The highest BCUT2D eigenvalue weighted by molar-refractivity contribution is 6.41. The number of ketones is 1. The standard InChI is InChI=1S/C9H15ClO3/c1-4-13-9(12)8(10)7(11)5-6(2)3/h6,8H,4-5H2,1-3H3. The number of hydrogen-bond acceptors (Lipinski definition) is 3. The minimum Gasteiger partial charge on any atom is -0.465 e. The van der Waals surface area contributed by atoms with Gasteiger partial charge in [0.05, 0.1) is 6.61 Å². The quantitative estimate of drug-likeness (QED) is 0.391. The zero-order chi connectivity index (χ0) is 10.4. The lowest BCUT2D eigenvalue weighted by Crippen LogP contribution is -2.27. The fourth-order valence-electron chi connectivity index (χ4n) is 0.853. The summed E-state index contributed by atoms with van der Waals surface area (Å²) in [5, 5.41) is -1.14. The van der Waals surface area contributed by atoms with Gasteiger partial charge >= 0.3 is 5.97 Å². The van der Waals surface area contributed by atoms with Gasteiger partial charge in [0.15, 0.2) is 11.2 Å². The summed E-state index contributed by atoms with van der Waals surface area (Å²) in [6.45, 7) is 5.71. The number of ether oxygens (including phenoxy) is 1. The van der Waals surface area contributed by atoms with E-state index in [0.29, 0.717) is 6.42 Å². The summed E-state index contributed by atoms with van der Waals surface area (Å²) in [5.74, 6) is -0.701. The van der Waals surface area contributed by atoms with Gasteiger partial charge in [-0.2, -0.15) is 0 Å². The highest BCUT2D eigenvalue weighted by atomic mass is 35.5. The zero-order valence-corrected chi connectivity index (χ0v) is 8.93. The van der Waals surface area contributed by atoms with E-state index in [1.54, 1.807) is 6.92 Å². The van der Waals surface area contributed by atoms with Crippen molar-refractivity contribution in [1.82, 2.24) is 0 Å². The molecular weight excluding hydrogens is 192 g/mol. The number of halogens is 1. The highest BCUT2D eigenvalue weighted by Gasteiger charge is 2.25. The van der Waals surface area contributed by atoms with Crippen molar-refractivity contribution in [3.8, 4) is 0 Å². The van der Waals surface area contributed by atoms with Crippen LogP contribution >= 0.6 is 11.6 Å². The van der Waals surface area contributed by atoms with E-state index >= 15 is 0 Å². The van der Waals surface area contributed by atoms with Crippen LogP contribution in [0.15, 0.2) is 0 Å². The Morgan fingerprint density at radius 2 is 1.92 bits per heavy atom. The maximum Gasteiger partial charge on any atom is 0.331 e. The van der Waals surface area contributed by atoms with Gasteiger partial charge in [0.2, 0.25) is 0 Å². The van der Waals surface area contributed by atoms with Crippen LogP contribution in [0.3, 0.4) is 0 Å². The molecule has 76 valence electrons. The molecule has 0 saturated carbocycles. The molecule has 0 fully saturated rings. The van der Waals surface area contributed by atoms with E-state index in [1.165, 1.54) is 0 Å². The largest absolute Gasteiger partial charge is 0.465 e. The summed E-state index contributed by atoms with van der Waals surface area (Å²) in [4.78, 5) is 22.2. The Bertz CT molecular complexity index is 189. The van der Waals surface area contributed by atoms with E-state index in [-0.39, 0.29) is 18.3 Å². The fourth-order valence-corrected chi connectivity index (χ4v) is 1.00.